The van der Waals surface area contributed by atoms with E-state index in [0.29, 0.717) is 5.82 Å². The molecular formula is C11H12N4O2S. The maximum absolute atomic E-state index is 11.1. The van der Waals surface area contributed by atoms with Crippen molar-refractivity contribution in [3.63, 3.8) is 0 Å². The molecule has 3 N–H and O–H groups in total. The zero-order valence-electron chi connectivity index (χ0n) is 9.50. The summed E-state index contributed by atoms with van der Waals surface area (Å²) in [6.45, 7) is 0. The molecule has 0 fully saturated rings. The van der Waals surface area contributed by atoms with E-state index in [1.54, 1.807) is 0 Å². The molecule has 0 radical (unpaired) electrons. The van der Waals surface area contributed by atoms with Gasteiger partial charge in [0.05, 0.1) is 0 Å². The Kier molecular flexibility index (Phi) is 2.46. The summed E-state index contributed by atoms with van der Waals surface area (Å²) in [7, 11) is -3.83. The molecule has 94 valence electrons. The van der Waals surface area contributed by atoms with Gasteiger partial charge in [0.15, 0.2) is 0 Å². The van der Waals surface area contributed by atoms with E-state index in [4.69, 9.17) is 5.14 Å². The van der Waals surface area contributed by atoms with Crippen LogP contribution in [0.1, 0.15) is 22.9 Å². The van der Waals surface area contributed by atoms with Crippen LogP contribution in [-0.2, 0) is 22.9 Å². The lowest BCUT2D eigenvalue weighted by Crippen LogP contribution is -2.14. The van der Waals surface area contributed by atoms with Crippen molar-refractivity contribution < 1.29 is 8.42 Å². The van der Waals surface area contributed by atoms with Gasteiger partial charge in [-0.15, -0.1) is 5.10 Å². The van der Waals surface area contributed by atoms with Gasteiger partial charge in [0.1, 0.15) is 5.82 Å². The molecule has 0 atom stereocenters. The molecule has 1 aliphatic rings. The van der Waals surface area contributed by atoms with Crippen LogP contribution >= 0.6 is 0 Å². The number of fused-ring (bicyclic) bond motifs is 1. The van der Waals surface area contributed by atoms with Gasteiger partial charge in [-0.1, -0.05) is 24.3 Å². The van der Waals surface area contributed by atoms with E-state index in [-0.39, 0.29) is 11.1 Å². The van der Waals surface area contributed by atoms with Gasteiger partial charge in [0, 0.05) is 5.92 Å². The highest BCUT2D eigenvalue weighted by Gasteiger charge is 2.26. The summed E-state index contributed by atoms with van der Waals surface area (Å²) >= 11 is 0. The van der Waals surface area contributed by atoms with Crippen molar-refractivity contribution in [2.45, 2.75) is 23.9 Å². The largest absolute Gasteiger partial charge is 0.282 e. The first kappa shape index (κ1) is 11.4. The number of H-pyrrole nitrogens is 1. The zero-order valence-corrected chi connectivity index (χ0v) is 10.3. The van der Waals surface area contributed by atoms with Crippen LogP contribution in [0.25, 0.3) is 0 Å². The molecule has 1 heterocycles. The fraction of sp³-hybridized carbons (Fsp3) is 0.273. The molecule has 1 aromatic heterocycles. The van der Waals surface area contributed by atoms with Crippen LogP contribution in [0.5, 0.6) is 0 Å². The molecule has 7 heteroatoms. The quantitative estimate of drug-likeness (QED) is 0.816. The average Bonchev–Trinajstić information content (AvgIpc) is 2.94. The first-order valence-electron chi connectivity index (χ1n) is 5.56. The maximum Gasteiger partial charge on any atom is 0.282 e. The number of nitrogens with zero attached hydrogens (tertiary/aromatic N) is 2. The van der Waals surface area contributed by atoms with Crippen LogP contribution in [0.3, 0.4) is 0 Å². The molecule has 2 aromatic rings. The fourth-order valence-electron chi connectivity index (χ4n) is 2.32. The van der Waals surface area contributed by atoms with E-state index in [2.05, 4.69) is 27.3 Å². The number of hydrogen-bond donors (Lipinski definition) is 2. The standard InChI is InChI=1S/C11H12N4O2S/c12-18(16,17)11-13-10(14-15-11)9-5-7-3-1-2-4-8(7)6-9/h1-4,9H,5-6H2,(H2,12,16,17)(H,13,14,15). The van der Waals surface area contributed by atoms with E-state index in [1.807, 2.05) is 12.1 Å². The highest BCUT2D eigenvalue weighted by molar-refractivity contribution is 7.89. The number of sulfonamides is 1. The van der Waals surface area contributed by atoms with E-state index >= 15 is 0 Å². The Hall–Kier alpha value is -1.73. The molecule has 1 aliphatic carbocycles. The lowest BCUT2D eigenvalue weighted by molar-refractivity contribution is 0.589. The molecule has 0 aliphatic heterocycles. The monoisotopic (exact) mass is 264 g/mol. The van der Waals surface area contributed by atoms with Gasteiger partial charge in [-0.25, -0.2) is 18.5 Å². The average molecular weight is 264 g/mol. The third-order valence-electron chi connectivity index (χ3n) is 3.17. The van der Waals surface area contributed by atoms with Crippen LogP contribution in [0.4, 0.5) is 0 Å². The van der Waals surface area contributed by atoms with Crippen LogP contribution in [-0.4, -0.2) is 23.6 Å². The molecule has 0 spiro atoms. The van der Waals surface area contributed by atoms with Crippen molar-refractivity contribution in [3.05, 3.63) is 41.2 Å². The van der Waals surface area contributed by atoms with Crippen molar-refractivity contribution >= 4 is 10.0 Å². The van der Waals surface area contributed by atoms with E-state index in [0.717, 1.165) is 12.8 Å². The molecule has 18 heavy (non-hydrogen) atoms. The normalized spacial score (nSPS) is 15.8. The number of nitrogens with one attached hydrogen (secondary N) is 1. The number of hydrogen-bond acceptors (Lipinski definition) is 4. The Labute approximate surface area is 104 Å². The van der Waals surface area contributed by atoms with Crippen molar-refractivity contribution in [2.75, 3.05) is 0 Å². The highest BCUT2D eigenvalue weighted by atomic mass is 32.2. The summed E-state index contributed by atoms with van der Waals surface area (Å²) in [6, 6.07) is 8.15. The molecule has 0 saturated carbocycles. The van der Waals surface area contributed by atoms with Gasteiger partial charge in [-0.05, 0) is 24.0 Å². The molecule has 0 unspecified atom stereocenters. The van der Waals surface area contributed by atoms with Crippen molar-refractivity contribution in [2.24, 2.45) is 5.14 Å². The third kappa shape index (κ3) is 1.91. The van der Waals surface area contributed by atoms with E-state index in [1.165, 1.54) is 11.1 Å². The summed E-state index contributed by atoms with van der Waals surface area (Å²) in [5, 5.41) is 11.0. The molecule has 0 amide bonds. The smallest absolute Gasteiger partial charge is 0.262 e. The Morgan fingerprint density at radius 3 is 2.33 bits per heavy atom. The minimum Gasteiger partial charge on any atom is -0.262 e. The van der Waals surface area contributed by atoms with Crippen LogP contribution < -0.4 is 5.14 Å². The molecule has 0 bridgehead atoms. The first-order valence-corrected chi connectivity index (χ1v) is 7.10. The summed E-state index contributed by atoms with van der Waals surface area (Å²) < 4.78 is 22.2. The Morgan fingerprint density at radius 1 is 1.22 bits per heavy atom. The van der Waals surface area contributed by atoms with Gasteiger partial charge in [0.2, 0.25) is 0 Å². The number of aromatic amines is 1. The Balaban J connectivity index is 1.89. The molecule has 1 aromatic carbocycles. The first-order chi connectivity index (χ1) is 8.54. The van der Waals surface area contributed by atoms with Crippen molar-refractivity contribution in [1.29, 1.82) is 0 Å². The highest BCUT2D eigenvalue weighted by Crippen LogP contribution is 2.32. The molecule has 3 rings (SSSR count). The maximum atomic E-state index is 11.1. The van der Waals surface area contributed by atoms with Crippen LogP contribution in [0, 0.1) is 0 Å². The number of rotatable bonds is 2. The summed E-state index contributed by atoms with van der Waals surface area (Å²) in [5.74, 6) is 0.723. The fourth-order valence-corrected chi connectivity index (χ4v) is 2.72. The van der Waals surface area contributed by atoms with Gasteiger partial charge < -0.3 is 0 Å². The molecular weight excluding hydrogens is 252 g/mol. The lowest BCUT2D eigenvalue weighted by Gasteiger charge is -2.02. The second kappa shape index (κ2) is 3.89. The Morgan fingerprint density at radius 2 is 1.83 bits per heavy atom. The summed E-state index contributed by atoms with van der Waals surface area (Å²) in [6.07, 6.45) is 1.69. The second-order valence-electron chi connectivity index (χ2n) is 4.42. The van der Waals surface area contributed by atoms with Gasteiger partial charge in [-0.3, -0.25) is 5.10 Å². The van der Waals surface area contributed by atoms with Crippen molar-refractivity contribution in [3.8, 4) is 0 Å². The lowest BCUT2D eigenvalue weighted by atomic mass is 10.1. The number of primary sulfonamides is 1. The van der Waals surface area contributed by atoms with Crippen molar-refractivity contribution in [1.82, 2.24) is 15.2 Å². The minimum atomic E-state index is -3.83. The van der Waals surface area contributed by atoms with Crippen LogP contribution in [0.2, 0.25) is 0 Å². The Bertz CT molecular complexity index is 668. The number of nitrogens with two attached hydrogens (primary N) is 1. The van der Waals surface area contributed by atoms with Gasteiger partial charge in [-0.2, -0.15) is 0 Å². The number of aromatic nitrogens is 3. The van der Waals surface area contributed by atoms with Crippen LogP contribution in [0.15, 0.2) is 29.4 Å². The molecule has 0 saturated heterocycles. The zero-order chi connectivity index (χ0) is 12.8. The van der Waals surface area contributed by atoms with E-state index in [9.17, 15) is 8.42 Å². The predicted octanol–water partition coefficient (Wildman–Crippen LogP) is 0.335. The van der Waals surface area contributed by atoms with Gasteiger partial charge in [0.25, 0.3) is 15.2 Å². The number of benzene rings is 1. The predicted molar refractivity (Wildman–Crippen MR) is 64.3 cm³/mol. The molecule has 6 nitrogen and oxygen atoms in total. The minimum absolute atomic E-state index is 0.144. The van der Waals surface area contributed by atoms with E-state index < -0.39 is 10.0 Å². The summed E-state index contributed by atoms with van der Waals surface area (Å²) in [4.78, 5) is 3.97. The topological polar surface area (TPSA) is 102 Å². The third-order valence-corrected chi connectivity index (χ3v) is 3.87. The SMILES string of the molecule is NS(=O)(=O)c1n[nH]c(C2Cc3ccccc3C2)n1. The second-order valence-corrected chi connectivity index (χ2v) is 5.88. The summed E-state index contributed by atoms with van der Waals surface area (Å²) in [5.41, 5.74) is 2.55. The van der Waals surface area contributed by atoms with Gasteiger partial charge >= 0.3 is 0 Å².